The number of hydrogen-bond acceptors (Lipinski definition) is 4. The Bertz CT molecular complexity index is 365. The number of nitrogens with one attached hydrogen (secondary N) is 1. The molecule has 4 nitrogen and oxygen atoms in total. The van der Waals surface area contributed by atoms with E-state index in [1.54, 1.807) is 13.3 Å². The third kappa shape index (κ3) is 3.09. The lowest BCUT2D eigenvalue weighted by atomic mass is 10.3. The summed E-state index contributed by atoms with van der Waals surface area (Å²) in [6, 6.07) is 5.10. The van der Waals surface area contributed by atoms with Crippen LogP contribution in [0.5, 0.6) is 5.75 Å². The predicted octanol–water partition coefficient (Wildman–Crippen LogP) is 1.98. The van der Waals surface area contributed by atoms with Gasteiger partial charge in [0.2, 0.25) is 0 Å². The van der Waals surface area contributed by atoms with Crippen LogP contribution in [0.15, 0.2) is 18.3 Å². The summed E-state index contributed by atoms with van der Waals surface area (Å²) in [6.45, 7) is 3.13. The van der Waals surface area contributed by atoms with Crippen molar-refractivity contribution in [3.8, 4) is 5.75 Å². The van der Waals surface area contributed by atoms with E-state index in [1.807, 2.05) is 12.1 Å². The number of anilines is 1. The average Bonchev–Trinajstić information content (AvgIpc) is 3.19. The van der Waals surface area contributed by atoms with Crippen LogP contribution in [-0.4, -0.2) is 42.7 Å². The molecule has 0 aliphatic heterocycles. The smallest absolute Gasteiger partial charge is 0.168 e. The average molecular weight is 235 g/mol. The Morgan fingerprint density at radius 1 is 1.59 bits per heavy atom. The first kappa shape index (κ1) is 12.2. The largest absolute Gasteiger partial charge is 0.493 e. The molecule has 17 heavy (non-hydrogen) atoms. The van der Waals surface area contributed by atoms with E-state index in [2.05, 4.69) is 29.2 Å². The quantitative estimate of drug-likeness (QED) is 0.818. The number of ether oxygens (including phenoxy) is 1. The summed E-state index contributed by atoms with van der Waals surface area (Å²) < 4.78 is 5.26. The highest BCUT2D eigenvalue weighted by Crippen LogP contribution is 2.27. The van der Waals surface area contributed by atoms with Gasteiger partial charge in [-0.3, -0.25) is 4.90 Å². The Morgan fingerprint density at radius 2 is 2.35 bits per heavy atom. The van der Waals surface area contributed by atoms with E-state index in [9.17, 15) is 0 Å². The number of hydrogen-bond donors (Lipinski definition) is 1. The Kier molecular flexibility index (Phi) is 3.84. The molecule has 0 bridgehead atoms. The first-order valence-electron chi connectivity index (χ1n) is 6.17. The molecule has 1 N–H and O–H groups in total. The van der Waals surface area contributed by atoms with Gasteiger partial charge in [-0.25, -0.2) is 4.98 Å². The van der Waals surface area contributed by atoms with Crippen LogP contribution in [0.3, 0.4) is 0 Å². The van der Waals surface area contributed by atoms with Gasteiger partial charge in [0, 0.05) is 24.8 Å². The topological polar surface area (TPSA) is 37.4 Å². The lowest BCUT2D eigenvalue weighted by molar-refractivity contribution is 0.257. The van der Waals surface area contributed by atoms with Crippen molar-refractivity contribution < 1.29 is 4.74 Å². The summed E-state index contributed by atoms with van der Waals surface area (Å²) in [5.74, 6) is 1.62. The van der Waals surface area contributed by atoms with Crippen LogP contribution in [0, 0.1) is 0 Å². The number of nitrogens with zero attached hydrogens (tertiary/aromatic N) is 2. The summed E-state index contributed by atoms with van der Waals surface area (Å²) in [5.41, 5.74) is 0. The minimum absolute atomic E-state index is 0.509. The maximum absolute atomic E-state index is 5.26. The third-order valence-corrected chi connectivity index (χ3v) is 3.37. The van der Waals surface area contributed by atoms with E-state index in [4.69, 9.17) is 4.74 Å². The van der Waals surface area contributed by atoms with E-state index in [0.717, 1.165) is 24.2 Å². The standard InChI is InChI=1S/C13H21N3O/c1-10(16(2)11-6-7-11)9-15-13-12(17-3)5-4-8-14-13/h4-5,8,10-11H,6-7,9H2,1-3H3,(H,14,15). The predicted molar refractivity (Wildman–Crippen MR) is 69.5 cm³/mol. The summed E-state index contributed by atoms with van der Waals surface area (Å²) in [4.78, 5) is 6.72. The molecule has 1 aliphatic rings. The van der Waals surface area contributed by atoms with Gasteiger partial charge in [0.15, 0.2) is 11.6 Å². The molecule has 0 saturated heterocycles. The molecule has 1 atom stereocenters. The molecule has 0 amide bonds. The highest BCUT2D eigenvalue weighted by Gasteiger charge is 2.28. The van der Waals surface area contributed by atoms with Gasteiger partial charge in [0.1, 0.15) is 0 Å². The van der Waals surface area contributed by atoms with Gasteiger partial charge in [-0.15, -0.1) is 0 Å². The van der Waals surface area contributed by atoms with Gasteiger partial charge in [-0.2, -0.15) is 0 Å². The monoisotopic (exact) mass is 235 g/mol. The van der Waals surface area contributed by atoms with Crippen LogP contribution >= 0.6 is 0 Å². The number of aromatic nitrogens is 1. The molecule has 1 fully saturated rings. The van der Waals surface area contributed by atoms with Crippen LogP contribution in [0.1, 0.15) is 19.8 Å². The number of pyridine rings is 1. The van der Waals surface area contributed by atoms with Crippen LogP contribution < -0.4 is 10.1 Å². The summed E-state index contributed by atoms with van der Waals surface area (Å²) in [6.07, 6.45) is 4.46. The minimum atomic E-state index is 0.509. The molecule has 1 aromatic heterocycles. The lowest BCUT2D eigenvalue weighted by Crippen LogP contribution is -2.36. The highest BCUT2D eigenvalue weighted by molar-refractivity contribution is 5.49. The minimum Gasteiger partial charge on any atom is -0.493 e. The van der Waals surface area contributed by atoms with E-state index in [-0.39, 0.29) is 0 Å². The summed E-state index contributed by atoms with van der Waals surface area (Å²) >= 11 is 0. The van der Waals surface area contributed by atoms with E-state index in [1.165, 1.54) is 12.8 Å². The van der Waals surface area contributed by atoms with Gasteiger partial charge >= 0.3 is 0 Å². The second-order valence-electron chi connectivity index (χ2n) is 4.68. The SMILES string of the molecule is COc1cccnc1NCC(C)N(C)C1CC1. The van der Waals surface area contributed by atoms with Gasteiger partial charge in [0.05, 0.1) is 7.11 Å². The first-order valence-corrected chi connectivity index (χ1v) is 6.17. The summed E-state index contributed by atoms with van der Waals surface area (Å²) in [5, 5.41) is 3.35. The van der Waals surface area contributed by atoms with Crippen molar-refractivity contribution in [1.82, 2.24) is 9.88 Å². The molecule has 0 aromatic carbocycles. The van der Waals surface area contributed by atoms with Crippen molar-refractivity contribution >= 4 is 5.82 Å². The van der Waals surface area contributed by atoms with Crippen molar-refractivity contribution in [3.05, 3.63) is 18.3 Å². The fraction of sp³-hybridized carbons (Fsp3) is 0.615. The third-order valence-electron chi connectivity index (χ3n) is 3.37. The molecule has 0 spiro atoms. The lowest BCUT2D eigenvalue weighted by Gasteiger charge is -2.25. The normalized spacial score (nSPS) is 16.9. The maximum atomic E-state index is 5.26. The Labute approximate surface area is 103 Å². The van der Waals surface area contributed by atoms with Crippen molar-refractivity contribution in [1.29, 1.82) is 0 Å². The molecule has 4 heteroatoms. The van der Waals surface area contributed by atoms with Crippen molar-refractivity contribution in [2.75, 3.05) is 26.0 Å². The van der Waals surface area contributed by atoms with Gasteiger partial charge in [0.25, 0.3) is 0 Å². The molecule has 0 radical (unpaired) electrons. The molecular formula is C13H21N3O. The Balaban J connectivity index is 1.88. The Hall–Kier alpha value is -1.29. The zero-order valence-corrected chi connectivity index (χ0v) is 10.8. The van der Waals surface area contributed by atoms with E-state index < -0.39 is 0 Å². The fourth-order valence-electron chi connectivity index (χ4n) is 1.92. The second-order valence-corrected chi connectivity index (χ2v) is 4.68. The van der Waals surface area contributed by atoms with E-state index in [0.29, 0.717) is 6.04 Å². The van der Waals surface area contributed by atoms with Crippen molar-refractivity contribution in [2.24, 2.45) is 0 Å². The van der Waals surface area contributed by atoms with Crippen molar-refractivity contribution in [3.63, 3.8) is 0 Å². The zero-order valence-electron chi connectivity index (χ0n) is 10.8. The van der Waals surface area contributed by atoms with E-state index >= 15 is 0 Å². The van der Waals surface area contributed by atoms with Crippen LogP contribution in [-0.2, 0) is 0 Å². The van der Waals surface area contributed by atoms with Gasteiger partial charge in [-0.1, -0.05) is 0 Å². The molecule has 1 saturated carbocycles. The fourth-order valence-corrected chi connectivity index (χ4v) is 1.92. The molecule has 1 aliphatic carbocycles. The first-order chi connectivity index (χ1) is 8.22. The summed E-state index contributed by atoms with van der Waals surface area (Å²) in [7, 11) is 3.86. The molecule has 1 aromatic rings. The molecule has 1 heterocycles. The van der Waals surface area contributed by atoms with Crippen LogP contribution in [0.25, 0.3) is 0 Å². The molecule has 1 unspecified atom stereocenters. The molecule has 94 valence electrons. The van der Waals surface area contributed by atoms with Gasteiger partial charge in [-0.05, 0) is 38.9 Å². The Morgan fingerprint density at radius 3 is 3.00 bits per heavy atom. The van der Waals surface area contributed by atoms with Crippen molar-refractivity contribution in [2.45, 2.75) is 31.8 Å². The molecular weight excluding hydrogens is 214 g/mol. The maximum Gasteiger partial charge on any atom is 0.168 e. The van der Waals surface area contributed by atoms with Gasteiger partial charge < -0.3 is 10.1 Å². The zero-order chi connectivity index (χ0) is 12.3. The number of rotatable bonds is 6. The highest BCUT2D eigenvalue weighted by atomic mass is 16.5. The second kappa shape index (κ2) is 5.36. The number of methoxy groups -OCH3 is 1. The van der Waals surface area contributed by atoms with Crippen LogP contribution in [0.2, 0.25) is 0 Å². The van der Waals surface area contributed by atoms with Crippen LogP contribution in [0.4, 0.5) is 5.82 Å². The number of likely N-dealkylation sites (N-methyl/N-ethyl adjacent to an activating group) is 1. The molecule has 2 rings (SSSR count).